The molecule has 0 radical (unpaired) electrons. The molecule has 1 aromatic heterocycles. The van der Waals surface area contributed by atoms with E-state index in [-0.39, 0.29) is 5.41 Å². The van der Waals surface area contributed by atoms with Crippen LogP contribution in [-0.2, 0) is 12.5 Å². The van der Waals surface area contributed by atoms with Crippen LogP contribution < -0.4 is 0 Å². The molecule has 0 saturated heterocycles. The first kappa shape index (κ1) is 22.5. The van der Waals surface area contributed by atoms with Crippen LogP contribution in [0.2, 0.25) is 0 Å². The van der Waals surface area contributed by atoms with E-state index in [9.17, 15) is 0 Å². The Morgan fingerprint density at radius 3 is 1.91 bits per heavy atom. The summed E-state index contributed by atoms with van der Waals surface area (Å²) in [6, 6.07) is 27.2. The van der Waals surface area contributed by atoms with Crippen molar-refractivity contribution in [2.24, 2.45) is 7.05 Å². The second-order valence-corrected chi connectivity index (χ2v) is 10.4. The molecule has 0 bridgehead atoms. The highest BCUT2D eigenvalue weighted by atomic mass is 14.9. The molecule has 0 unspecified atom stereocenters. The zero-order chi connectivity index (χ0) is 24.2. The minimum absolute atomic E-state index is 0.0266. The van der Waals surface area contributed by atoms with Gasteiger partial charge in [0.25, 0.3) is 0 Å². The average molecular weight is 446 g/mol. The number of benzene rings is 4. The van der Waals surface area contributed by atoms with E-state index in [0.29, 0.717) is 0 Å². The van der Waals surface area contributed by atoms with Crippen molar-refractivity contribution in [3.05, 3.63) is 95.1 Å². The fourth-order valence-electron chi connectivity index (χ4n) is 5.71. The molecule has 6 rings (SSSR count). The molecule has 0 spiro atoms. The lowest BCUT2D eigenvalue weighted by Crippen LogP contribution is -2.14. The van der Waals surface area contributed by atoms with Gasteiger partial charge in [0.1, 0.15) is 0 Å². The maximum atomic E-state index is 2.44. The quantitative estimate of drug-likeness (QED) is 0.242. The van der Waals surface area contributed by atoms with Gasteiger partial charge in [0, 0.05) is 34.3 Å². The topological polar surface area (TPSA) is 4.93 Å². The van der Waals surface area contributed by atoms with Crippen molar-refractivity contribution in [2.45, 2.75) is 53.4 Å². The lowest BCUT2D eigenvalue weighted by Gasteiger charge is -2.21. The number of hydrogen-bond acceptors (Lipinski definition) is 0. The molecule has 1 aliphatic rings. The van der Waals surface area contributed by atoms with Gasteiger partial charge in [0.05, 0.1) is 0 Å². The van der Waals surface area contributed by atoms with Crippen LogP contribution in [0.4, 0.5) is 0 Å². The first-order chi connectivity index (χ1) is 16.3. The predicted octanol–water partition coefficient (Wildman–Crippen LogP) is 9.34. The lowest BCUT2D eigenvalue weighted by atomic mass is 9.82. The van der Waals surface area contributed by atoms with E-state index in [1.807, 2.05) is 0 Å². The van der Waals surface area contributed by atoms with Gasteiger partial charge in [-0.15, -0.1) is 0 Å². The summed E-state index contributed by atoms with van der Waals surface area (Å²) in [7, 11) is 2.21. The van der Waals surface area contributed by atoms with Gasteiger partial charge in [-0.05, 0) is 82.6 Å². The van der Waals surface area contributed by atoms with E-state index in [2.05, 4.69) is 126 Å². The number of hydrogen-bond donors (Lipinski definition) is 0. The minimum Gasteiger partial charge on any atom is -0.344 e. The van der Waals surface area contributed by atoms with Gasteiger partial charge < -0.3 is 4.57 Å². The molecule has 0 atom stereocenters. The van der Waals surface area contributed by atoms with E-state index in [4.69, 9.17) is 0 Å². The summed E-state index contributed by atoms with van der Waals surface area (Å²) in [5.41, 5.74) is 13.6. The van der Waals surface area contributed by atoms with Crippen LogP contribution in [0.5, 0.6) is 0 Å². The van der Waals surface area contributed by atoms with Crippen LogP contribution in [0.1, 0.15) is 56.4 Å². The van der Waals surface area contributed by atoms with E-state index in [1.165, 1.54) is 72.7 Å². The van der Waals surface area contributed by atoms with Crippen LogP contribution in [0.25, 0.3) is 44.1 Å². The van der Waals surface area contributed by atoms with Crippen molar-refractivity contribution in [2.75, 3.05) is 0 Å². The summed E-state index contributed by atoms with van der Waals surface area (Å²) >= 11 is 0. The van der Waals surface area contributed by atoms with Gasteiger partial charge >= 0.3 is 0 Å². The van der Waals surface area contributed by atoms with Crippen molar-refractivity contribution >= 4 is 21.8 Å². The maximum absolute atomic E-state index is 2.44. The first-order valence-corrected chi connectivity index (χ1v) is 12.5. The van der Waals surface area contributed by atoms with Gasteiger partial charge in [-0.2, -0.15) is 0 Å². The smallest absolute Gasteiger partial charge is 0.0495 e. The zero-order valence-electron chi connectivity index (χ0n) is 21.6. The number of rotatable bonds is 1. The molecule has 1 heteroatoms. The largest absolute Gasteiger partial charge is 0.344 e. The summed E-state index contributed by atoms with van der Waals surface area (Å²) in [5, 5.41) is 2.69. The fraction of sp³-hybridized carbons (Fsp3) is 0.273. The van der Waals surface area contributed by atoms with Crippen molar-refractivity contribution in [1.82, 2.24) is 4.57 Å². The Bertz CT molecular complexity index is 1540. The highest BCUT2D eigenvalue weighted by Gasteiger charge is 2.35. The molecule has 0 fully saturated rings. The van der Waals surface area contributed by atoms with E-state index >= 15 is 0 Å². The van der Waals surface area contributed by atoms with Crippen LogP contribution in [0.15, 0.2) is 72.8 Å². The average Bonchev–Trinajstić information content (AvgIpc) is 3.21. The van der Waals surface area contributed by atoms with Gasteiger partial charge in [0.15, 0.2) is 0 Å². The third-order valence-corrected chi connectivity index (χ3v) is 7.49. The Balaban J connectivity index is 0.000000764. The highest BCUT2D eigenvalue weighted by Crippen LogP contribution is 2.50. The second kappa shape index (κ2) is 8.17. The van der Waals surface area contributed by atoms with Crippen LogP contribution in [-0.4, -0.2) is 4.57 Å². The van der Waals surface area contributed by atoms with Gasteiger partial charge in [-0.25, -0.2) is 0 Å². The summed E-state index contributed by atoms with van der Waals surface area (Å²) in [6.45, 7) is 13.4. The third-order valence-electron chi connectivity index (χ3n) is 7.49. The van der Waals surface area contributed by atoms with Crippen molar-refractivity contribution in [1.29, 1.82) is 0 Å². The third kappa shape index (κ3) is 3.21. The van der Waals surface area contributed by atoms with Gasteiger partial charge in [-0.3, -0.25) is 0 Å². The second-order valence-electron chi connectivity index (χ2n) is 10.4. The number of fused-ring (bicyclic) bond motifs is 6. The molecule has 0 amide bonds. The predicted molar refractivity (Wildman–Crippen MR) is 149 cm³/mol. The molecule has 1 heterocycles. The molecule has 1 aliphatic carbocycles. The Hall–Kier alpha value is -3.32. The van der Waals surface area contributed by atoms with Crippen molar-refractivity contribution in [3.8, 4) is 22.3 Å². The Labute approximate surface area is 204 Å². The van der Waals surface area contributed by atoms with Crippen LogP contribution in [0, 0.1) is 13.8 Å². The van der Waals surface area contributed by atoms with E-state index in [0.717, 1.165) is 0 Å². The van der Waals surface area contributed by atoms with Gasteiger partial charge in [-0.1, -0.05) is 82.6 Å². The molecule has 5 aromatic rings. The summed E-state index contributed by atoms with van der Waals surface area (Å²) in [6.07, 6.45) is 1.25. The molecule has 0 aliphatic heterocycles. The Kier molecular flexibility index (Phi) is 5.40. The number of nitrogens with zero attached hydrogens (tertiary/aromatic N) is 1. The van der Waals surface area contributed by atoms with E-state index in [1.54, 1.807) is 0 Å². The standard InChI is InChI=1S/C30H27N.C3H8/c1-18-10-6-7-11-20(18)22-16-28-24(14-19(22)2)25-15-23-21-12-8-9-13-26(21)30(3,4)27(23)17-29(25)31(28)5;1-3-2/h6-17H,1-5H3;3H2,1-2H3. The SMILES string of the molecule is CCC.Cc1ccccc1-c1cc2c(cc1C)c1cc3c(cc1n2C)C(C)(C)c1ccccc1-3. The monoisotopic (exact) mass is 445 g/mol. The fourth-order valence-corrected chi connectivity index (χ4v) is 5.71. The minimum atomic E-state index is 0.0266. The maximum Gasteiger partial charge on any atom is 0.0495 e. The molecule has 0 N–H and O–H groups in total. The molecular formula is C33H35N. The lowest BCUT2D eigenvalue weighted by molar-refractivity contribution is 0.661. The Morgan fingerprint density at radius 1 is 0.618 bits per heavy atom. The van der Waals surface area contributed by atoms with E-state index < -0.39 is 0 Å². The highest BCUT2D eigenvalue weighted by molar-refractivity contribution is 6.11. The summed E-state index contributed by atoms with van der Waals surface area (Å²) in [5.74, 6) is 0. The number of aromatic nitrogens is 1. The molecule has 4 aromatic carbocycles. The van der Waals surface area contributed by atoms with Crippen molar-refractivity contribution in [3.63, 3.8) is 0 Å². The molecule has 1 nitrogen and oxygen atoms in total. The van der Waals surface area contributed by atoms with Crippen LogP contribution >= 0.6 is 0 Å². The summed E-state index contributed by atoms with van der Waals surface area (Å²) in [4.78, 5) is 0. The van der Waals surface area contributed by atoms with Crippen LogP contribution in [0.3, 0.4) is 0 Å². The normalized spacial score (nSPS) is 13.5. The molecule has 172 valence electrons. The zero-order valence-corrected chi connectivity index (χ0v) is 21.6. The van der Waals surface area contributed by atoms with Gasteiger partial charge in [0.2, 0.25) is 0 Å². The van der Waals surface area contributed by atoms with Crippen molar-refractivity contribution < 1.29 is 0 Å². The molecular weight excluding hydrogens is 410 g/mol. The molecule has 34 heavy (non-hydrogen) atoms. The Morgan fingerprint density at radius 2 is 1.21 bits per heavy atom. The summed E-state index contributed by atoms with van der Waals surface area (Å²) < 4.78 is 2.38. The number of aryl methyl sites for hydroxylation is 3. The molecule has 0 saturated carbocycles. The first-order valence-electron chi connectivity index (χ1n) is 12.5.